The van der Waals surface area contributed by atoms with Gasteiger partial charge in [-0.2, -0.15) is 11.8 Å². The fourth-order valence-corrected chi connectivity index (χ4v) is 3.82. The van der Waals surface area contributed by atoms with E-state index in [-0.39, 0.29) is 6.03 Å². The van der Waals surface area contributed by atoms with Crippen molar-refractivity contribution in [1.82, 2.24) is 10.6 Å². The van der Waals surface area contributed by atoms with Gasteiger partial charge in [-0.05, 0) is 30.2 Å². The average molecular weight is 400 g/mol. The maximum Gasteiger partial charge on any atom is 0.315 e. The van der Waals surface area contributed by atoms with Crippen molar-refractivity contribution >= 4 is 23.5 Å². The first-order chi connectivity index (χ1) is 13.7. The minimum atomic E-state index is -0.117. The van der Waals surface area contributed by atoms with E-state index in [9.17, 15) is 4.79 Å². The maximum absolute atomic E-state index is 11.9. The number of hydrogen-bond acceptors (Lipinski definition) is 4. The quantitative estimate of drug-likeness (QED) is 0.667. The van der Waals surface area contributed by atoms with Crippen LogP contribution in [-0.2, 0) is 17.0 Å². The number of urea groups is 1. The summed E-state index contributed by atoms with van der Waals surface area (Å²) in [6.07, 6.45) is 0. The number of morpholine rings is 1. The molecule has 0 saturated carbocycles. The highest BCUT2D eigenvalue weighted by atomic mass is 32.2. The lowest BCUT2D eigenvalue weighted by Gasteiger charge is -2.28. The molecule has 1 fully saturated rings. The Kier molecular flexibility index (Phi) is 8.06. The molecule has 0 spiro atoms. The van der Waals surface area contributed by atoms with Crippen LogP contribution in [0.4, 0.5) is 10.5 Å². The van der Waals surface area contributed by atoms with Crippen LogP contribution < -0.4 is 15.5 Å². The van der Waals surface area contributed by atoms with E-state index in [1.54, 1.807) is 0 Å². The van der Waals surface area contributed by atoms with Gasteiger partial charge in [0.2, 0.25) is 0 Å². The summed E-state index contributed by atoms with van der Waals surface area (Å²) < 4.78 is 5.39. The third-order valence-electron chi connectivity index (χ3n) is 4.69. The minimum absolute atomic E-state index is 0.117. The van der Waals surface area contributed by atoms with Crippen molar-refractivity contribution in [3.05, 3.63) is 65.2 Å². The van der Waals surface area contributed by atoms with Crippen LogP contribution in [-0.4, -0.2) is 44.6 Å². The van der Waals surface area contributed by atoms with E-state index in [2.05, 4.69) is 71.0 Å². The number of anilines is 1. The highest BCUT2D eigenvalue weighted by Gasteiger charge is 2.10. The number of benzene rings is 2. The topological polar surface area (TPSA) is 53.6 Å². The number of nitrogens with zero attached hydrogens (tertiary/aromatic N) is 1. The van der Waals surface area contributed by atoms with Gasteiger partial charge < -0.3 is 20.3 Å². The first-order valence-electron chi connectivity index (χ1n) is 9.77. The second-order valence-corrected chi connectivity index (χ2v) is 8.02. The first kappa shape index (κ1) is 20.6. The Hall–Kier alpha value is -2.18. The third kappa shape index (κ3) is 6.77. The van der Waals surface area contributed by atoms with E-state index in [0.29, 0.717) is 13.1 Å². The molecule has 0 unspecified atom stereocenters. The van der Waals surface area contributed by atoms with Gasteiger partial charge in [0, 0.05) is 43.4 Å². The fraction of sp³-hybridized carbons (Fsp3) is 0.409. The van der Waals surface area contributed by atoms with Crippen molar-refractivity contribution in [3.8, 4) is 0 Å². The molecule has 150 valence electrons. The summed E-state index contributed by atoms with van der Waals surface area (Å²) in [5.74, 6) is 1.87. The molecule has 2 aromatic rings. The molecule has 0 aliphatic carbocycles. The molecule has 0 aromatic heterocycles. The molecule has 0 atom stereocenters. The smallest absolute Gasteiger partial charge is 0.315 e. The monoisotopic (exact) mass is 399 g/mol. The molecule has 6 heteroatoms. The molecule has 1 aliphatic heterocycles. The number of amides is 2. The number of thioether (sulfide) groups is 1. The van der Waals surface area contributed by atoms with Gasteiger partial charge in [-0.15, -0.1) is 0 Å². The molecule has 1 aliphatic rings. The predicted octanol–water partition coefficient (Wildman–Crippen LogP) is 3.56. The zero-order chi connectivity index (χ0) is 19.6. The van der Waals surface area contributed by atoms with Crippen LogP contribution in [0.1, 0.15) is 16.7 Å². The molecule has 1 heterocycles. The molecule has 0 bridgehead atoms. The summed E-state index contributed by atoms with van der Waals surface area (Å²) in [6.45, 7) is 6.73. The van der Waals surface area contributed by atoms with Crippen LogP contribution in [0.15, 0.2) is 48.5 Å². The SMILES string of the molecule is Cc1ccc(CSCCNC(=O)NCc2ccc(N3CCOCC3)cc2)cc1. The molecule has 2 N–H and O–H groups in total. The molecule has 3 rings (SSSR count). The maximum atomic E-state index is 11.9. The van der Waals surface area contributed by atoms with Gasteiger partial charge >= 0.3 is 6.03 Å². The molecule has 28 heavy (non-hydrogen) atoms. The molecule has 5 nitrogen and oxygen atoms in total. The number of rotatable bonds is 8. The Labute approximate surface area is 171 Å². The van der Waals surface area contributed by atoms with Crippen molar-refractivity contribution in [3.63, 3.8) is 0 Å². The highest BCUT2D eigenvalue weighted by molar-refractivity contribution is 7.98. The summed E-state index contributed by atoms with van der Waals surface area (Å²) >= 11 is 1.83. The zero-order valence-corrected chi connectivity index (χ0v) is 17.3. The Morgan fingerprint density at radius 2 is 1.68 bits per heavy atom. The van der Waals surface area contributed by atoms with Gasteiger partial charge in [0.15, 0.2) is 0 Å². The molecular weight excluding hydrogens is 370 g/mol. The van der Waals surface area contributed by atoms with E-state index < -0.39 is 0 Å². The molecular formula is C22H29N3O2S. The number of carbonyl (C=O) groups is 1. The van der Waals surface area contributed by atoms with Crippen LogP contribution in [0.25, 0.3) is 0 Å². The number of hydrogen-bond donors (Lipinski definition) is 2. The number of ether oxygens (including phenoxy) is 1. The number of nitrogens with one attached hydrogen (secondary N) is 2. The lowest BCUT2D eigenvalue weighted by atomic mass is 10.2. The number of carbonyl (C=O) groups excluding carboxylic acids is 1. The Balaban J connectivity index is 1.29. The standard InChI is InChI=1S/C22H29N3O2S/c1-18-2-4-20(5-3-18)17-28-15-10-23-22(26)24-16-19-6-8-21(9-7-19)25-11-13-27-14-12-25/h2-9H,10-17H2,1H3,(H2,23,24,26). The summed E-state index contributed by atoms with van der Waals surface area (Å²) in [7, 11) is 0. The Morgan fingerprint density at radius 1 is 1.00 bits per heavy atom. The van der Waals surface area contributed by atoms with Gasteiger partial charge in [-0.3, -0.25) is 0 Å². The van der Waals surface area contributed by atoms with Crippen molar-refractivity contribution in [2.45, 2.75) is 19.2 Å². The first-order valence-corrected chi connectivity index (χ1v) is 10.9. The van der Waals surface area contributed by atoms with Gasteiger partial charge in [0.25, 0.3) is 0 Å². The molecule has 2 aromatic carbocycles. The molecule has 1 saturated heterocycles. The van der Waals surface area contributed by atoms with Gasteiger partial charge in [0.05, 0.1) is 13.2 Å². The lowest BCUT2D eigenvalue weighted by molar-refractivity contribution is 0.122. The third-order valence-corrected chi connectivity index (χ3v) is 5.72. The van der Waals surface area contributed by atoms with Crippen molar-refractivity contribution in [1.29, 1.82) is 0 Å². The van der Waals surface area contributed by atoms with Crippen molar-refractivity contribution in [2.75, 3.05) is 43.5 Å². The van der Waals surface area contributed by atoms with Crippen LogP contribution in [0.2, 0.25) is 0 Å². The van der Waals surface area contributed by atoms with Gasteiger partial charge in [0.1, 0.15) is 0 Å². The fourth-order valence-electron chi connectivity index (χ4n) is 3.00. The summed E-state index contributed by atoms with van der Waals surface area (Å²) in [5, 5.41) is 5.84. The van der Waals surface area contributed by atoms with E-state index in [4.69, 9.17) is 4.74 Å². The zero-order valence-electron chi connectivity index (χ0n) is 16.4. The van der Waals surface area contributed by atoms with E-state index >= 15 is 0 Å². The number of aryl methyl sites for hydroxylation is 1. The Morgan fingerprint density at radius 3 is 2.39 bits per heavy atom. The van der Waals surface area contributed by atoms with Gasteiger partial charge in [-0.1, -0.05) is 42.0 Å². The van der Waals surface area contributed by atoms with Crippen molar-refractivity contribution in [2.24, 2.45) is 0 Å². The van der Waals surface area contributed by atoms with E-state index in [1.165, 1.54) is 16.8 Å². The normalized spacial score (nSPS) is 14.0. The van der Waals surface area contributed by atoms with Gasteiger partial charge in [-0.25, -0.2) is 4.79 Å². The summed E-state index contributed by atoms with van der Waals surface area (Å²) in [5.41, 5.74) is 4.91. The average Bonchev–Trinajstić information content (AvgIpc) is 2.74. The summed E-state index contributed by atoms with van der Waals surface area (Å²) in [6, 6.07) is 16.8. The molecule has 0 radical (unpaired) electrons. The van der Waals surface area contributed by atoms with Crippen LogP contribution >= 0.6 is 11.8 Å². The molecule has 2 amide bonds. The lowest BCUT2D eigenvalue weighted by Crippen LogP contribution is -2.36. The van der Waals surface area contributed by atoms with E-state index in [0.717, 1.165) is 43.4 Å². The highest BCUT2D eigenvalue weighted by Crippen LogP contribution is 2.16. The summed E-state index contributed by atoms with van der Waals surface area (Å²) in [4.78, 5) is 14.3. The van der Waals surface area contributed by atoms with Crippen molar-refractivity contribution < 1.29 is 9.53 Å². The second-order valence-electron chi connectivity index (χ2n) is 6.91. The van der Waals surface area contributed by atoms with E-state index in [1.807, 2.05) is 11.8 Å². The second kappa shape index (κ2) is 11.0. The minimum Gasteiger partial charge on any atom is -0.378 e. The predicted molar refractivity (Wildman–Crippen MR) is 117 cm³/mol. The largest absolute Gasteiger partial charge is 0.378 e. The van der Waals surface area contributed by atoms with Crippen LogP contribution in [0, 0.1) is 6.92 Å². The van der Waals surface area contributed by atoms with Crippen LogP contribution in [0.3, 0.4) is 0 Å². The van der Waals surface area contributed by atoms with Crippen LogP contribution in [0.5, 0.6) is 0 Å². The Bertz CT molecular complexity index is 728.